The number of ether oxygens (including phenoxy) is 2. The molecule has 0 aliphatic carbocycles. The first kappa shape index (κ1) is 10.5. The third kappa shape index (κ3) is 2.51. The van der Waals surface area contributed by atoms with Gasteiger partial charge in [0.1, 0.15) is 19.0 Å². The van der Waals surface area contributed by atoms with Crippen molar-refractivity contribution in [1.82, 2.24) is 0 Å². The van der Waals surface area contributed by atoms with Crippen LogP contribution in [0.1, 0.15) is 0 Å². The zero-order valence-corrected chi connectivity index (χ0v) is 8.76. The number of fused-ring (bicyclic) bond motifs is 1. The van der Waals surface area contributed by atoms with E-state index in [-0.39, 0.29) is 6.61 Å². The van der Waals surface area contributed by atoms with Crippen LogP contribution in [-0.4, -0.2) is 19.7 Å². The Morgan fingerprint density at radius 1 is 1.00 bits per heavy atom. The number of carbonyl (C=O) groups is 1. The fourth-order valence-corrected chi connectivity index (χ4v) is 1.51. The number of hydrogen-bond acceptors (Lipinski definition) is 3. The fraction of sp³-hybridized carbons (Fsp3) is 0.154. The standard InChI is InChI=1S/C13H12O3/c14-10-15-7-8-16-13-6-5-11-3-1-2-4-12(11)9-13/h1-6,9-10H,7-8H2. The highest BCUT2D eigenvalue weighted by Crippen LogP contribution is 2.20. The van der Waals surface area contributed by atoms with Gasteiger partial charge >= 0.3 is 0 Å². The van der Waals surface area contributed by atoms with Gasteiger partial charge in [-0.25, -0.2) is 0 Å². The van der Waals surface area contributed by atoms with Gasteiger partial charge in [0.15, 0.2) is 0 Å². The summed E-state index contributed by atoms with van der Waals surface area (Å²) in [6.07, 6.45) is 0. The molecule has 0 amide bonds. The molecule has 0 fully saturated rings. The molecular formula is C13H12O3. The third-order valence-corrected chi connectivity index (χ3v) is 2.26. The third-order valence-electron chi connectivity index (χ3n) is 2.26. The van der Waals surface area contributed by atoms with Crippen molar-refractivity contribution in [2.75, 3.05) is 13.2 Å². The zero-order chi connectivity index (χ0) is 11.2. The molecule has 0 atom stereocenters. The second-order valence-electron chi connectivity index (χ2n) is 3.32. The fourth-order valence-electron chi connectivity index (χ4n) is 1.51. The molecule has 3 heteroatoms. The summed E-state index contributed by atoms with van der Waals surface area (Å²) in [6.45, 7) is 1.07. The summed E-state index contributed by atoms with van der Waals surface area (Å²) in [5.74, 6) is 0.785. The van der Waals surface area contributed by atoms with E-state index in [1.165, 1.54) is 5.39 Å². The van der Waals surface area contributed by atoms with Gasteiger partial charge in [-0.2, -0.15) is 0 Å². The van der Waals surface area contributed by atoms with Gasteiger partial charge in [0, 0.05) is 0 Å². The predicted octanol–water partition coefficient (Wildman–Crippen LogP) is 2.39. The quantitative estimate of drug-likeness (QED) is 0.568. The Labute approximate surface area is 93.6 Å². The Hall–Kier alpha value is -2.03. The normalized spacial score (nSPS) is 10.0. The van der Waals surface area contributed by atoms with Gasteiger partial charge in [-0.05, 0) is 22.9 Å². The summed E-state index contributed by atoms with van der Waals surface area (Å²) >= 11 is 0. The molecule has 0 saturated carbocycles. The van der Waals surface area contributed by atoms with E-state index in [9.17, 15) is 4.79 Å². The van der Waals surface area contributed by atoms with Crippen molar-refractivity contribution < 1.29 is 14.3 Å². The summed E-state index contributed by atoms with van der Waals surface area (Å²) in [5.41, 5.74) is 0. The molecule has 0 heterocycles. The highest BCUT2D eigenvalue weighted by Gasteiger charge is 1.96. The first-order chi connectivity index (χ1) is 7.90. The second kappa shape index (κ2) is 5.16. The summed E-state index contributed by atoms with van der Waals surface area (Å²) in [5, 5.41) is 2.32. The Balaban J connectivity index is 2.05. The van der Waals surface area contributed by atoms with Crippen LogP contribution >= 0.6 is 0 Å². The molecule has 0 spiro atoms. The number of carbonyl (C=O) groups excluding carboxylic acids is 1. The first-order valence-corrected chi connectivity index (χ1v) is 5.07. The summed E-state index contributed by atoms with van der Waals surface area (Å²) in [4.78, 5) is 9.91. The van der Waals surface area contributed by atoms with Crippen molar-refractivity contribution in [3.63, 3.8) is 0 Å². The Kier molecular flexibility index (Phi) is 3.38. The van der Waals surface area contributed by atoms with E-state index in [1.54, 1.807) is 0 Å². The van der Waals surface area contributed by atoms with Crippen LogP contribution in [0, 0.1) is 0 Å². The van der Waals surface area contributed by atoms with Gasteiger partial charge < -0.3 is 9.47 Å². The number of rotatable bonds is 5. The topological polar surface area (TPSA) is 35.5 Å². The van der Waals surface area contributed by atoms with Gasteiger partial charge in [0.25, 0.3) is 6.47 Å². The lowest BCUT2D eigenvalue weighted by Gasteiger charge is -2.06. The molecule has 3 nitrogen and oxygen atoms in total. The first-order valence-electron chi connectivity index (χ1n) is 5.07. The smallest absolute Gasteiger partial charge is 0.293 e. The van der Waals surface area contributed by atoms with Gasteiger partial charge in [-0.15, -0.1) is 0 Å². The maximum atomic E-state index is 9.91. The summed E-state index contributed by atoms with van der Waals surface area (Å²) < 4.78 is 9.97. The minimum absolute atomic E-state index is 0.274. The molecule has 0 bridgehead atoms. The lowest BCUT2D eigenvalue weighted by Crippen LogP contribution is -2.05. The van der Waals surface area contributed by atoms with Crippen LogP contribution in [0.15, 0.2) is 42.5 Å². The summed E-state index contributed by atoms with van der Waals surface area (Å²) in [6, 6.07) is 14.0. The highest BCUT2D eigenvalue weighted by molar-refractivity contribution is 5.83. The molecule has 2 rings (SSSR count). The van der Waals surface area contributed by atoms with Crippen LogP contribution in [0.3, 0.4) is 0 Å². The molecule has 0 unspecified atom stereocenters. The molecule has 0 aromatic heterocycles. The molecule has 0 aliphatic rings. The molecule has 2 aromatic rings. The monoisotopic (exact) mass is 216 g/mol. The van der Waals surface area contributed by atoms with E-state index in [0.29, 0.717) is 13.1 Å². The maximum absolute atomic E-state index is 9.91. The summed E-state index contributed by atoms with van der Waals surface area (Å²) in [7, 11) is 0. The van der Waals surface area contributed by atoms with Crippen molar-refractivity contribution >= 4 is 17.2 Å². The molecule has 0 radical (unpaired) electrons. The van der Waals surface area contributed by atoms with Gasteiger partial charge in [-0.3, -0.25) is 4.79 Å². The largest absolute Gasteiger partial charge is 0.490 e. The SMILES string of the molecule is O=COCCOc1ccc2ccccc2c1. The minimum atomic E-state index is 0.274. The molecule has 2 aromatic carbocycles. The highest BCUT2D eigenvalue weighted by atomic mass is 16.5. The number of hydrogen-bond donors (Lipinski definition) is 0. The Bertz CT molecular complexity index is 479. The van der Waals surface area contributed by atoms with E-state index in [1.807, 2.05) is 36.4 Å². The zero-order valence-electron chi connectivity index (χ0n) is 8.76. The van der Waals surface area contributed by atoms with E-state index in [4.69, 9.17) is 4.74 Å². The van der Waals surface area contributed by atoms with Crippen LogP contribution in [0.5, 0.6) is 5.75 Å². The maximum Gasteiger partial charge on any atom is 0.293 e. The Morgan fingerprint density at radius 2 is 1.81 bits per heavy atom. The Morgan fingerprint density at radius 3 is 2.62 bits per heavy atom. The van der Waals surface area contributed by atoms with Crippen LogP contribution in [0.25, 0.3) is 10.8 Å². The van der Waals surface area contributed by atoms with Crippen LogP contribution < -0.4 is 4.74 Å². The van der Waals surface area contributed by atoms with Crippen molar-refractivity contribution in [2.24, 2.45) is 0 Å². The molecule has 0 saturated heterocycles. The van der Waals surface area contributed by atoms with Crippen LogP contribution in [-0.2, 0) is 9.53 Å². The average Bonchev–Trinajstić information content (AvgIpc) is 2.34. The molecule has 82 valence electrons. The molecule has 16 heavy (non-hydrogen) atoms. The van der Waals surface area contributed by atoms with Gasteiger partial charge in [0.05, 0.1) is 0 Å². The van der Waals surface area contributed by atoms with Crippen LogP contribution in [0.2, 0.25) is 0 Å². The lowest BCUT2D eigenvalue weighted by molar-refractivity contribution is -0.129. The van der Waals surface area contributed by atoms with Gasteiger partial charge in [0.2, 0.25) is 0 Å². The van der Waals surface area contributed by atoms with E-state index < -0.39 is 0 Å². The second-order valence-corrected chi connectivity index (χ2v) is 3.32. The van der Waals surface area contributed by atoms with Gasteiger partial charge in [-0.1, -0.05) is 30.3 Å². The van der Waals surface area contributed by atoms with Crippen molar-refractivity contribution in [1.29, 1.82) is 0 Å². The van der Waals surface area contributed by atoms with E-state index in [2.05, 4.69) is 10.8 Å². The molecular weight excluding hydrogens is 204 g/mol. The van der Waals surface area contributed by atoms with Crippen LogP contribution in [0.4, 0.5) is 0 Å². The van der Waals surface area contributed by atoms with Crippen molar-refractivity contribution in [3.05, 3.63) is 42.5 Å². The lowest BCUT2D eigenvalue weighted by atomic mass is 10.1. The average molecular weight is 216 g/mol. The minimum Gasteiger partial charge on any atom is -0.490 e. The molecule has 0 aliphatic heterocycles. The van der Waals surface area contributed by atoms with E-state index >= 15 is 0 Å². The van der Waals surface area contributed by atoms with Crippen molar-refractivity contribution in [2.45, 2.75) is 0 Å². The molecule has 0 N–H and O–H groups in total. The number of benzene rings is 2. The van der Waals surface area contributed by atoms with Crippen molar-refractivity contribution in [3.8, 4) is 5.75 Å². The van der Waals surface area contributed by atoms with E-state index in [0.717, 1.165) is 11.1 Å². The predicted molar refractivity (Wildman–Crippen MR) is 61.5 cm³/mol.